The number of benzene rings is 1. The molecule has 0 amide bonds. The molecule has 0 N–H and O–H groups in total. The summed E-state index contributed by atoms with van der Waals surface area (Å²) >= 11 is 5.79. The third-order valence-electron chi connectivity index (χ3n) is 1.86. The molecule has 0 aliphatic rings. The lowest BCUT2D eigenvalue weighted by Gasteiger charge is -1.99. The molecule has 0 saturated heterocycles. The van der Waals surface area contributed by atoms with E-state index >= 15 is 0 Å². The van der Waals surface area contributed by atoms with Gasteiger partial charge < -0.3 is 0 Å². The third-order valence-corrected chi connectivity index (χ3v) is 2.19. The Labute approximate surface area is 87.2 Å². The van der Waals surface area contributed by atoms with Crippen LogP contribution in [-0.4, -0.2) is 6.29 Å². The molecule has 0 aliphatic heterocycles. The molecule has 1 rings (SSSR count). The summed E-state index contributed by atoms with van der Waals surface area (Å²) in [6.45, 7) is 1.87. The SMILES string of the molecule is CC/C(C=O)=C/c1ccc(F)cc1Cl. The fraction of sp³-hybridized carbons (Fsp3) is 0.182. The Morgan fingerprint density at radius 1 is 1.57 bits per heavy atom. The number of carbonyl (C=O) groups is 1. The molecule has 3 heteroatoms. The van der Waals surface area contributed by atoms with Crippen LogP contribution in [-0.2, 0) is 4.79 Å². The van der Waals surface area contributed by atoms with Crippen molar-refractivity contribution >= 4 is 24.0 Å². The minimum atomic E-state index is -0.378. The van der Waals surface area contributed by atoms with Gasteiger partial charge in [0.1, 0.15) is 12.1 Å². The number of hydrogen-bond acceptors (Lipinski definition) is 1. The normalized spacial score (nSPS) is 11.5. The minimum Gasteiger partial charge on any atom is -0.298 e. The van der Waals surface area contributed by atoms with Crippen molar-refractivity contribution < 1.29 is 9.18 Å². The second-order valence-electron chi connectivity index (χ2n) is 2.86. The summed E-state index contributed by atoms with van der Waals surface area (Å²) in [6.07, 6.45) is 3.08. The van der Waals surface area contributed by atoms with E-state index < -0.39 is 0 Å². The number of carbonyl (C=O) groups excluding carboxylic acids is 1. The Morgan fingerprint density at radius 2 is 2.29 bits per heavy atom. The molecule has 0 bridgehead atoms. The predicted molar refractivity (Wildman–Crippen MR) is 55.7 cm³/mol. The molecule has 1 nitrogen and oxygen atoms in total. The molecule has 0 saturated carbocycles. The van der Waals surface area contributed by atoms with Gasteiger partial charge in [-0.25, -0.2) is 4.39 Å². The largest absolute Gasteiger partial charge is 0.298 e. The first-order chi connectivity index (χ1) is 6.67. The van der Waals surface area contributed by atoms with Crippen molar-refractivity contribution in [2.75, 3.05) is 0 Å². The van der Waals surface area contributed by atoms with Crippen LogP contribution in [0.4, 0.5) is 4.39 Å². The van der Waals surface area contributed by atoms with Crippen LogP contribution >= 0.6 is 11.6 Å². The van der Waals surface area contributed by atoms with E-state index in [-0.39, 0.29) is 5.82 Å². The topological polar surface area (TPSA) is 17.1 Å². The Bertz CT molecular complexity index is 372. The van der Waals surface area contributed by atoms with Crippen LogP contribution in [0.2, 0.25) is 5.02 Å². The molecule has 74 valence electrons. The molecule has 0 fully saturated rings. The van der Waals surface area contributed by atoms with Crippen molar-refractivity contribution in [1.29, 1.82) is 0 Å². The third kappa shape index (κ3) is 2.67. The van der Waals surface area contributed by atoms with Crippen LogP contribution < -0.4 is 0 Å². The Kier molecular flexibility index (Phi) is 3.84. The second-order valence-corrected chi connectivity index (χ2v) is 3.26. The summed E-state index contributed by atoms with van der Waals surface area (Å²) in [4.78, 5) is 10.5. The fourth-order valence-electron chi connectivity index (χ4n) is 1.04. The van der Waals surface area contributed by atoms with E-state index in [9.17, 15) is 9.18 Å². The maximum Gasteiger partial charge on any atom is 0.146 e. The summed E-state index contributed by atoms with van der Waals surface area (Å²) in [5.41, 5.74) is 1.30. The van der Waals surface area contributed by atoms with Gasteiger partial charge in [-0.05, 0) is 35.8 Å². The molecule has 0 spiro atoms. The van der Waals surface area contributed by atoms with Crippen molar-refractivity contribution in [3.63, 3.8) is 0 Å². The zero-order chi connectivity index (χ0) is 10.6. The summed E-state index contributed by atoms with van der Waals surface area (Å²) in [5.74, 6) is -0.378. The standard InChI is InChI=1S/C11H10ClFO/c1-2-8(7-14)5-9-3-4-10(13)6-11(9)12/h3-7H,2H2,1H3/b8-5-. The van der Waals surface area contributed by atoms with Gasteiger partial charge in [0.2, 0.25) is 0 Å². The van der Waals surface area contributed by atoms with Crippen molar-refractivity contribution in [3.8, 4) is 0 Å². The van der Waals surface area contributed by atoms with Gasteiger partial charge >= 0.3 is 0 Å². The van der Waals surface area contributed by atoms with E-state index in [1.165, 1.54) is 12.1 Å². The van der Waals surface area contributed by atoms with Crippen molar-refractivity contribution in [3.05, 3.63) is 40.2 Å². The van der Waals surface area contributed by atoms with Crippen LogP contribution in [0.15, 0.2) is 23.8 Å². The van der Waals surface area contributed by atoms with Gasteiger partial charge in [0.05, 0.1) is 5.02 Å². The molecule has 14 heavy (non-hydrogen) atoms. The summed E-state index contributed by atoms with van der Waals surface area (Å²) in [6, 6.07) is 4.10. The lowest BCUT2D eigenvalue weighted by atomic mass is 10.1. The molecule has 1 aromatic rings. The van der Waals surface area contributed by atoms with E-state index in [1.54, 1.807) is 12.1 Å². The highest BCUT2D eigenvalue weighted by atomic mass is 35.5. The summed E-state index contributed by atoms with van der Waals surface area (Å²) in [7, 11) is 0. The minimum absolute atomic E-state index is 0.317. The van der Waals surface area contributed by atoms with Gasteiger partial charge in [-0.2, -0.15) is 0 Å². The zero-order valence-electron chi connectivity index (χ0n) is 7.76. The predicted octanol–water partition coefficient (Wildman–Crippen LogP) is 3.47. The average Bonchev–Trinajstić information content (AvgIpc) is 2.17. The lowest BCUT2D eigenvalue weighted by molar-refractivity contribution is -0.104. The molecule has 0 radical (unpaired) electrons. The van der Waals surface area contributed by atoms with Crippen LogP contribution in [0.1, 0.15) is 18.9 Å². The highest BCUT2D eigenvalue weighted by Crippen LogP contribution is 2.20. The average molecular weight is 213 g/mol. The van der Waals surface area contributed by atoms with Crippen molar-refractivity contribution in [1.82, 2.24) is 0 Å². The first kappa shape index (κ1) is 10.9. The first-order valence-electron chi connectivity index (χ1n) is 4.28. The van der Waals surface area contributed by atoms with E-state index in [0.29, 0.717) is 22.6 Å². The highest BCUT2D eigenvalue weighted by Gasteiger charge is 2.00. The number of halogens is 2. The van der Waals surface area contributed by atoms with E-state index in [1.807, 2.05) is 6.92 Å². The molecule has 1 aromatic carbocycles. The summed E-state index contributed by atoms with van der Waals surface area (Å²) < 4.78 is 12.7. The Balaban J connectivity index is 3.08. The molecule has 0 heterocycles. The van der Waals surface area contributed by atoms with Crippen molar-refractivity contribution in [2.45, 2.75) is 13.3 Å². The summed E-state index contributed by atoms with van der Waals surface area (Å²) in [5, 5.41) is 0.317. The van der Waals surface area contributed by atoms with Gasteiger partial charge in [-0.15, -0.1) is 0 Å². The number of hydrogen-bond donors (Lipinski definition) is 0. The first-order valence-corrected chi connectivity index (χ1v) is 4.66. The van der Waals surface area contributed by atoms with Crippen LogP contribution in [0.5, 0.6) is 0 Å². The van der Waals surface area contributed by atoms with Crippen LogP contribution in [0.3, 0.4) is 0 Å². The number of rotatable bonds is 3. The maximum absolute atomic E-state index is 12.7. The van der Waals surface area contributed by atoms with Crippen LogP contribution in [0.25, 0.3) is 6.08 Å². The molecule has 0 aromatic heterocycles. The monoisotopic (exact) mass is 212 g/mol. The molecular weight excluding hydrogens is 203 g/mol. The second kappa shape index (κ2) is 4.91. The van der Waals surface area contributed by atoms with Crippen LogP contribution in [0, 0.1) is 5.82 Å². The zero-order valence-corrected chi connectivity index (χ0v) is 8.51. The highest BCUT2D eigenvalue weighted by molar-refractivity contribution is 6.32. The van der Waals surface area contributed by atoms with Gasteiger partial charge in [0.15, 0.2) is 0 Å². The molecular formula is C11H10ClFO. The van der Waals surface area contributed by atoms with E-state index in [4.69, 9.17) is 11.6 Å². The quantitative estimate of drug-likeness (QED) is 0.554. The molecule has 0 atom stereocenters. The van der Waals surface area contributed by atoms with E-state index in [0.717, 1.165) is 6.29 Å². The fourth-order valence-corrected chi connectivity index (χ4v) is 1.26. The lowest BCUT2D eigenvalue weighted by Crippen LogP contribution is -1.84. The maximum atomic E-state index is 12.7. The van der Waals surface area contributed by atoms with Gasteiger partial charge in [-0.1, -0.05) is 24.6 Å². The van der Waals surface area contributed by atoms with Gasteiger partial charge in [-0.3, -0.25) is 4.79 Å². The number of aldehydes is 1. The van der Waals surface area contributed by atoms with Crippen molar-refractivity contribution in [2.24, 2.45) is 0 Å². The molecule has 0 unspecified atom stereocenters. The Hall–Kier alpha value is -1.15. The van der Waals surface area contributed by atoms with E-state index in [2.05, 4.69) is 0 Å². The molecule has 0 aliphatic carbocycles. The Morgan fingerprint density at radius 3 is 2.79 bits per heavy atom. The number of allylic oxidation sites excluding steroid dienone is 1. The van der Waals surface area contributed by atoms with Gasteiger partial charge in [0, 0.05) is 0 Å². The van der Waals surface area contributed by atoms with Gasteiger partial charge in [0.25, 0.3) is 0 Å². The smallest absolute Gasteiger partial charge is 0.146 e.